The molecule has 3 aliphatic rings. The van der Waals surface area contributed by atoms with E-state index in [2.05, 4.69) is 13.8 Å². The maximum Gasteiger partial charge on any atom is 0.173 e. The number of aliphatic hydroxyl groups excluding tert-OH is 2. The SMILES string of the molecule is CC1CCCC(C)C12OCCO2.CC1CCCC(C)C1=O.OCCO. The monoisotopic (exact) mass is 358 g/mol. The van der Waals surface area contributed by atoms with Crippen LogP contribution in [0.2, 0.25) is 0 Å². The molecule has 0 radical (unpaired) electrons. The molecular formula is C20H38O5. The number of rotatable bonds is 1. The third kappa shape index (κ3) is 6.31. The lowest BCUT2D eigenvalue weighted by Crippen LogP contribution is -2.46. The van der Waals surface area contributed by atoms with Crippen LogP contribution in [0.5, 0.6) is 0 Å². The van der Waals surface area contributed by atoms with Crippen LogP contribution in [0.25, 0.3) is 0 Å². The second kappa shape index (κ2) is 11.3. The number of ketones is 1. The zero-order valence-electron chi connectivity index (χ0n) is 16.5. The summed E-state index contributed by atoms with van der Waals surface area (Å²) in [5.74, 6) is 2.09. The predicted molar refractivity (Wildman–Crippen MR) is 98.2 cm³/mol. The molecular weight excluding hydrogens is 320 g/mol. The molecule has 1 spiro atoms. The molecule has 0 aromatic heterocycles. The number of carbonyl (C=O) groups is 1. The Bertz CT molecular complexity index is 352. The van der Waals surface area contributed by atoms with Crippen molar-refractivity contribution in [3.63, 3.8) is 0 Å². The first-order chi connectivity index (χ1) is 11.9. The Kier molecular flexibility index (Phi) is 10.2. The molecule has 1 saturated heterocycles. The normalized spacial score (nSPS) is 33.9. The van der Waals surface area contributed by atoms with E-state index < -0.39 is 0 Å². The molecule has 0 aromatic carbocycles. The van der Waals surface area contributed by atoms with Gasteiger partial charge in [-0.1, -0.05) is 40.5 Å². The standard InChI is InChI=1S/C10H18O2.C8H14O.C2H6O2/c1-8-4-3-5-9(2)10(8)11-6-7-12-10;1-6-4-3-5-7(2)8(6)9;3-1-2-4/h8-9H,3-7H2,1-2H3;6-7H,3-5H2,1-2H3;3-4H,1-2H2. The Morgan fingerprint density at radius 2 is 1.24 bits per heavy atom. The second-order valence-electron chi connectivity index (χ2n) is 7.73. The van der Waals surface area contributed by atoms with Crippen LogP contribution in [0.1, 0.15) is 66.2 Å². The highest BCUT2D eigenvalue weighted by Crippen LogP contribution is 2.43. The highest BCUT2D eigenvalue weighted by Gasteiger charge is 2.48. The number of hydrogen-bond acceptors (Lipinski definition) is 5. The summed E-state index contributed by atoms with van der Waals surface area (Å²) < 4.78 is 11.6. The van der Waals surface area contributed by atoms with E-state index in [4.69, 9.17) is 19.7 Å². The Labute approximate surface area is 153 Å². The smallest absolute Gasteiger partial charge is 0.173 e. The molecule has 148 valence electrons. The molecule has 3 fully saturated rings. The van der Waals surface area contributed by atoms with E-state index in [9.17, 15) is 4.79 Å². The average Bonchev–Trinajstić information content (AvgIpc) is 3.10. The third-order valence-corrected chi connectivity index (χ3v) is 5.73. The molecule has 2 N–H and O–H groups in total. The highest BCUT2D eigenvalue weighted by molar-refractivity contribution is 5.83. The first kappa shape index (κ1) is 22.6. The molecule has 25 heavy (non-hydrogen) atoms. The van der Waals surface area contributed by atoms with Gasteiger partial charge in [0.25, 0.3) is 0 Å². The van der Waals surface area contributed by atoms with Crippen LogP contribution in [0.15, 0.2) is 0 Å². The van der Waals surface area contributed by atoms with Crippen LogP contribution >= 0.6 is 0 Å². The van der Waals surface area contributed by atoms with E-state index >= 15 is 0 Å². The molecule has 2 saturated carbocycles. The topological polar surface area (TPSA) is 76.0 Å². The van der Waals surface area contributed by atoms with Crippen molar-refractivity contribution in [2.75, 3.05) is 26.4 Å². The van der Waals surface area contributed by atoms with Crippen molar-refractivity contribution in [1.82, 2.24) is 0 Å². The van der Waals surface area contributed by atoms with Gasteiger partial charge in [0.2, 0.25) is 0 Å². The van der Waals surface area contributed by atoms with Crippen LogP contribution < -0.4 is 0 Å². The van der Waals surface area contributed by atoms with Gasteiger partial charge < -0.3 is 19.7 Å². The maximum atomic E-state index is 11.1. The summed E-state index contributed by atoms with van der Waals surface area (Å²) in [5.41, 5.74) is 0. The van der Waals surface area contributed by atoms with Gasteiger partial charge in [0.1, 0.15) is 5.78 Å². The van der Waals surface area contributed by atoms with E-state index in [0.29, 0.717) is 29.5 Å². The van der Waals surface area contributed by atoms with E-state index in [1.807, 2.05) is 13.8 Å². The summed E-state index contributed by atoms with van der Waals surface area (Å²) in [6.07, 6.45) is 7.31. The Hall–Kier alpha value is -0.490. The summed E-state index contributed by atoms with van der Waals surface area (Å²) in [7, 11) is 0. The van der Waals surface area contributed by atoms with Crippen LogP contribution in [0, 0.1) is 23.7 Å². The number of aliphatic hydroxyl groups is 2. The lowest BCUT2D eigenvalue weighted by atomic mass is 9.77. The van der Waals surface area contributed by atoms with E-state index in [1.54, 1.807) is 0 Å². The number of hydrogen-bond donors (Lipinski definition) is 2. The van der Waals surface area contributed by atoms with Crippen LogP contribution in [0.3, 0.4) is 0 Å². The number of ether oxygens (including phenoxy) is 2. The van der Waals surface area contributed by atoms with Crippen molar-refractivity contribution in [3.05, 3.63) is 0 Å². The summed E-state index contributed by atoms with van der Waals surface area (Å²) in [5, 5.41) is 15.2. The molecule has 3 rings (SSSR count). The highest BCUT2D eigenvalue weighted by atomic mass is 16.7. The summed E-state index contributed by atoms with van der Waals surface area (Å²) in [6, 6.07) is 0. The van der Waals surface area contributed by atoms with Crippen molar-refractivity contribution in [1.29, 1.82) is 0 Å². The first-order valence-corrected chi connectivity index (χ1v) is 9.92. The first-order valence-electron chi connectivity index (χ1n) is 9.92. The van der Waals surface area contributed by atoms with Gasteiger partial charge in [-0.25, -0.2) is 0 Å². The molecule has 2 aliphatic carbocycles. The van der Waals surface area contributed by atoms with Crippen LogP contribution in [-0.4, -0.2) is 48.2 Å². The maximum absolute atomic E-state index is 11.1. The lowest BCUT2D eigenvalue weighted by molar-refractivity contribution is -0.237. The molecule has 5 nitrogen and oxygen atoms in total. The van der Waals surface area contributed by atoms with Crippen LogP contribution in [0.4, 0.5) is 0 Å². The van der Waals surface area contributed by atoms with E-state index in [0.717, 1.165) is 26.1 Å². The van der Waals surface area contributed by atoms with Gasteiger partial charge in [0.05, 0.1) is 26.4 Å². The summed E-state index contributed by atoms with van der Waals surface area (Å²) >= 11 is 0. The van der Waals surface area contributed by atoms with Gasteiger partial charge in [0, 0.05) is 23.7 Å². The summed E-state index contributed by atoms with van der Waals surface area (Å²) in [6.45, 7) is 9.90. The van der Waals surface area contributed by atoms with Gasteiger partial charge in [-0.2, -0.15) is 0 Å². The Balaban J connectivity index is 0.000000213. The van der Waals surface area contributed by atoms with Gasteiger partial charge in [-0.15, -0.1) is 0 Å². The third-order valence-electron chi connectivity index (χ3n) is 5.73. The molecule has 5 heteroatoms. The van der Waals surface area contributed by atoms with Crippen molar-refractivity contribution >= 4 is 5.78 Å². The van der Waals surface area contributed by atoms with Gasteiger partial charge in [0.15, 0.2) is 5.79 Å². The average molecular weight is 359 g/mol. The summed E-state index contributed by atoms with van der Waals surface area (Å²) in [4.78, 5) is 11.1. The predicted octanol–water partition coefficient (Wildman–Crippen LogP) is 3.17. The van der Waals surface area contributed by atoms with Crippen molar-refractivity contribution in [3.8, 4) is 0 Å². The van der Waals surface area contributed by atoms with Crippen molar-refractivity contribution < 1.29 is 24.5 Å². The lowest BCUT2D eigenvalue weighted by Gasteiger charge is -2.42. The number of Topliss-reactive ketones (excluding diaryl/α,β-unsaturated/α-hetero) is 1. The molecule has 0 amide bonds. The minimum atomic E-state index is -0.210. The fourth-order valence-corrected chi connectivity index (χ4v) is 4.13. The molecule has 1 aliphatic heterocycles. The Morgan fingerprint density at radius 1 is 0.840 bits per heavy atom. The number of carbonyl (C=O) groups excluding carboxylic acids is 1. The Morgan fingerprint density at radius 3 is 1.60 bits per heavy atom. The van der Waals surface area contributed by atoms with Gasteiger partial charge in [-0.05, 0) is 25.7 Å². The molecule has 0 aromatic rings. The van der Waals surface area contributed by atoms with Gasteiger partial charge in [-0.3, -0.25) is 4.79 Å². The minimum Gasteiger partial charge on any atom is -0.394 e. The molecule has 4 unspecified atom stereocenters. The molecule has 4 atom stereocenters. The van der Waals surface area contributed by atoms with Crippen LogP contribution in [-0.2, 0) is 14.3 Å². The second-order valence-corrected chi connectivity index (χ2v) is 7.73. The van der Waals surface area contributed by atoms with E-state index in [-0.39, 0.29) is 19.0 Å². The zero-order valence-corrected chi connectivity index (χ0v) is 16.5. The van der Waals surface area contributed by atoms with E-state index in [1.165, 1.54) is 25.7 Å². The molecule has 0 bridgehead atoms. The van der Waals surface area contributed by atoms with Crippen molar-refractivity contribution in [2.45, 2.75) is 72.0 Å². The quantitative estimate of drug-likeness (QED) is 0.753. The molecule has 1 heterocycles. The fourth-order valence-electron chi connectivity index (χ4n) is 4.13. The zero-order chi connectivity index (χ0) is 18.9. The largest absolute Gasteiger partial charge is 0.394 e. The minimum absolute atomic E-state index is 0.125. The van der Waals surface area contributed by atoms with Crippen molar-refractivity contribution in [2.24, 2.45) is 23.7 Å². The van der Waals surface area contributed by atoms with Gasteiger partial charge >= 0.3 is 0 Å². The fraction of sp³-hybridized carbons (Fsp3) is 0.950.